The lowest BCUT2D eigenvalue weighted by Crippen LogP contribution is -2.19. The second-order valence-corrected chi connectivity index (χ2v) is 5.80. The Balaban J connectivity index is 0.00000261. The zero-order valence-electron chi connectivity index (χ0n) is 14.4. The van der Waals surface area contributed by atoms with E-state index in [-0.39, 0.29) is 38.0 Å². The first-order valence-electron chi connectivity index (χ1n) is 8.17. The molecule has 0 radical (unpaired) electrons. The summed E-state index contributed by atoms with van der Waals surface area (Å²) in [4.78, 5) is 4.44. The number of halogens is 2. The number of aromatic nitrogens is 1. The molecule has 0 aliphatic carbocycles. The van der Waals surface area contributed by atoms with Crippen molar-refractivity contribution in [2.75, 3.05) is 19.8 Å². The highest BCUT2D eigenvalue weighted by Crippen LogP contribution is 2.23. The molecule has 1 aromatic heterocycles. The molecule has 3 rings (SSSR count). The van der Waals surface area contributed by atoms with E-state index in [1.165, 1.54) is 12.1 Å². The molecule has 140 valence electrons. The SMILES string of the molecule is Cl.OCC(O)COCC#Cc1ccc2cc(-c3cccc(F)c3)cnc2c1. The van der Waals surface area contributed by atoms with E-state index in [4.69, 9.17) is 14.9 Å². The van der Waals surface area contributed by atoms with Crippen LogP contribution in [0.2, 0.25) is 0 Å². The van der Waals surface area contributed by atoms with Crippen LogP contribution in [0.3, 0.4) is 0 Å². The molecule has 0 saturated heterocycles. The quantitative estimate of drug-likeness (QED) is 0.521. The smallest absolute Gasteiger partial charge is 0.123 e. The Bertz CT molecular complexity index is 968. The zero-order valence-corrected chi connectivity index (χ0v) is 15.2. The van der Waals surface area contributed by atoms with Crippen LogP contribution in [0.15, 0.2) is 54.7 Å². The van der Waals surface area contributed by atoms with Crippen LogP contribution in [0.4, 0.5) is 4.39 Å². The summed E-state index contributed by atoms with van der Waals surface area (Å²) in [7, 11) is 0. The molecule has 2 N–H and O–H groups in total. The third-order valence-corrected chi connectivity index (χ3v) is 3.77. The molecule has 4 nitrogen and oxygen atoms in total. The summed E-state index contributed by atoms with van der Waals surface area (Å²) in [5.74, 6) is 5.55. The summed E-state index contributed by atoms with van der Waals surface area (Å²) in [5, 5.41) is 18.8. The maximum Gasteiger partial charge on any atom is 0.123 e. The van der Waals surface area contributed by atoms with Gasteiger partial charge in [0.05, 0.1) is 18.7 Å². The molecule has 6 heteroatoms. The molecule has 0 amide bonds. The first kappa shape index (κ1) is 20.8. The molecule has 1 heterocycles. The molecule has 27 heavy (non-hydrogen) atoms. The number of fused-ring (bicyclic) bond motifs is 1. The Morgan fingerprint density at radius 1 is 1.11 bits per heavy atom. The second-order valence-electron chi connectivity index (χ2n) is 5.80. The number of pyridine rings is 1. The maximum atomic E-state index is 13.4. The number of aliphatic hydroxyl groups is 2. The maximum absolute atomic E-state index is 13.4. The fraction of sp³-hybridized carbons (Fsp3) is 0.190. The summed E-state index contributed by atoms with van der Waals surface area (Å²) in [6, 6.07) is 14.1. The van der Waals surface area contributed by atoms with E-state index in [1.807, 2.05) is 30.3 Å². The van der Waals surface area contributed by atoms with Gasteiger partial charge in [-0.25, -0.2) is 4.39 Å². The van der Waals surface area contributed by atoms with Crippen molar-refractivity contribution in [3.05, 3.63) is 66.1 Å². The van der Waals surface area contributed by atoms with Crippen LogP contribution in [0.1, 0.15) is 5.56 Å². The normalized spacial score (nSPS) is 11.4. The van der Waals surface area contributed by atoms with Crippen molar-refractivity contribution in [3.63, 3.8) is 0 Å². The van der Waals surface area contributed by atoms with Gasteiger partial charge in [0.25, 0.3) is 0 Å². The van der Waals surface area contributed by atoms with E-state index in [0.717, 1.165) is 27.6 Å². The van der Waals surface area contributed by atoms with E-state index in [9.17, 15) is 4.39 Å². The lowest BCUT2D eigenvalue weighted by molar-refractivity contribution is 0.0164. The highest BCUT2D eigenvalue weighted by atomic mass is 35.5. The van der Waals surface area contributed by atoms with Gasteiger partial charge in [0.2, 0.25) is 0 Å². The van der Waals surface area contributed by atoms with Gasteiger partial charge in [-0.2, -0.15) is 0 Å². The van der Waals surface area contributed by atoms with Crippen molar-refractivity contribution >= 4 is 23.3 Å². The van der Waals surface area contributed by atoms with Crippen LogP contribution < -0.4 is 0 Å². The summed E-state index contributed by atoms with van der Waals surface area (Å²) < 4.78 is 18.5. The third-order valence-electron chi connectivity index (χ3n) is 3.77. The standard InChI is InChI=1S/C21H18FNO3.ClH/c22-19-5-1-4-16(11-19)18-10-17-7-6-15(9-21(17)23-12-18)3-2-8-26-14-20(25)13-24;/h1,4-7,9-12,20,24-25H,8,13-14H2;1H. The van der Waals surface area contributed by atoms with Gasteiger partial charge in [-0.3, -0.25) is 4.98 Å². The lowest BCUT2D eigenvalue weighted by atomic mass is 10.0. The fourth-order valence-electron chi connectivity index (χ4n) is 2.46. The fourth-order valence-corrected chi connectivity index (χ4v) is 2.46. The Labute approximate surface area is 163 Å². The predicted molar refractivity (Wildman–Crippen MR) is 105 cm³/mol. The van der Waals surface area contributed by atoms with Gasteiger partial charge >= 0.3 is 0 Å². The Morgan fingerprint density at radius 3 is 2.74 bits per heavy atom. The van der Waals surface area contributed by atoms with Gasteiger partial charge in [-0.05, 0) is 35.9 Å². The molecule has 1 unspecified atom stereocenters. The summed E-state index contributed by atoms with van der Waals surface area (Å²) >= 11 is 0. The number of nitrogens with zero attached hydrogens (tertiary/aromatic N) is 1. The third kappa shape index (κ3) is 5.75. The minimum absolute atomic E-state index is 0. The van der Waals surface area contributed by atoms with Gasteiger partial charge in [-0.15, -0.1) is 12.4 Å². The van der Waals surface area contributed by atoms with Crippen LogP contribution in [-0.2, 0) is 4.74 Å². The number of aliphatic hydroxyl groups excluding tert-OH is 2. The van der Waals surface area contributed by atoms with Gasteiger partial charge in [0.1, 0.15) is 18.5 Å². The van der Waals surface area contributed by atoms with Gasteiger partial charge < -0.3 is 14.9 Å². The number of ether oxygens (including phenoxy) is 1. The number of hydrogen-bond donors (Lipinski definition) is 2. The molecule has 2 aromatic carbocycles. The Kier molecular flexibility index (Phi) is 7.71. The van der Waals surface area contributed by atoms with E-state index in [2.05, 4.69) is 16.8 Å². The molecular weight excluding hydrogens is 369 g/mol. The first-order valence-corrected chi connectivity index (χ1v) is 8.17. The molecular formula is C21H19ClFNO3. The summed E-state index contributed by atoms with van der Waals surface area (Å²) in [6.45, 7) is -0.115. The van der Waals surface area contributed by atoms with Crippen LogP contribution in [0.25, 0.3) is 22.0 Å². The van der Waals surface area contributed by atoms with Crippen molar-refractivity contribution in [1.82, 2.24) is 4.98 Å². The largest absolute Gasteiger partial charge is 0.394 e. The number of benzene rings is 2. The minimum atomic E-state index is -0.881. The average Bonchev–Trinajstić information content (AvgIpc) is 2.67. The van der Waals surface area contributed by atoms with E-state index in [0.29, 0.717) is 0 Å². The van der Waals surface area contributed by atoms with E-state index >= 15 is 0 Å². The minimum Gasteiger partial charge on any atom is -0.394 e. The Morgan fingerprint density at radius 2 is 1.96 bits per heavy atom. The molecule has 3 aromatic rings. The average molecular weight is 388 g/mol. The van der Waals surface area contributed by atoms with Gasteiger partial charge in [0.15, 0.2) is 0 Å². The van der Waals surface area contributed by atoms with Crippen molar-refractivity contribution in [1.29, 1.82) is 0 Å². The molecule has 1 atom stereocenters. The number of rotatable bonds is 5. The Hall–Kier alpha value is -2.49. The highest BCUT2D eigenvalue weighted by molar-refractivity contribution is 5.85. The van der Waals surface area contributed by atoms with Crippen molar-refractivity contribution in [2.24, 2.45) is 0 Å². The van der Waals surface area contributed by atoms with E-state index in [1.54, 1.807) is 12.3 Å². The molecule has 0 saturated carbocycles. The molecule has 0 aliphatic heterocycles. The predicted octanol–water partition coefficient (Wildman–Crippen LogP) is 3.18. The lowest BCUT2D eigenvalue weighted by Gasteiger charge is -2.05. The topological polar surface area (TPSA) is 62.6 Å². The second kappa shape index (κ2) is 10.0. The van der Waals surface area contributed by atoms with Gasteiger partial charge in [-0.1, -0.05) is 30.0 Å². The first-order chi connectivity index (χ1) is 12.7. The highest BCUT2D eigenvalue weighted by Gasteiger charge is 2.03. The summed E-state index contributed by atoms with van der Waals surface area (Å²) in [6.07, 6.45) is 0.835. The summed E-state index contributed by atoms with van der Waals surface area (Å²) in [5.41, 5.74) is 3.24. The molecule has 0 aliphatic rings. The monoisotopic (exact) mass is 387 g/mol. The number of hydrogen-bond acceptors (Lipinski definition) is 4. The van der Waals surface area contributed by atoms with Crippen molar-refractivity contribution < 1.29 is 19.3 Å². The van der Waals surface area contributed by atoms with Crippen molar-refractivity contribution in [3.8, 4) is 23.0 Å². The van der Waals surface area contributed by atoms with Crippen molar-refractivity contribution in [2.45, 2.75) is 6.10 Å². The molecule has 0 bridgehead atoms. The van der Waals surface area contributed by atoms with Crippen LogP contribution in [0, 0.1) is 17.7 Å². The van der Waals surface area contributed by atoms with Gasteiger partial charge in [0, 0.05) is 22.7 Å². The molecule has 0 fully saturated rings. The van der Waals surface area contributed by atoms with Crippen LogP contribution in [-0.4, -0.2) is 41.1 Å². The van der Waals surface area contributed by atoms with Crippen LogP contribution >= 0.6 is 12.4 Å². The van der Waals surface area contributed by atoms with Crippen LogP contribution in [0.5, 0.6) is 0 Å². The van der Waals surface area contributed by atoms with E-state index < -0.39 is 6.10 Å². The molecule has 0 spiro atoms. The zero-order chi connectivity index (χ0) is 18.4.